The van der Waals surface area contributed by atoms with Crippen molar-refractivity contribution in [3.05, 3.63) is 29.8 Å². The van der Waals surface area contributed by atoms with Gasteiger partial charge in [0.1, 0.15) is 0 Å². The summed E-state index contributed by atoms with van der Waals surface area (Å²) >= 11 is 0. The van der Waals surface area contributed by atoms with Crippen LogP contribution in [0, 0.1) is 11.3 Å². The first-order valence-electron chi connectivity index (χ1n) is 6.99. The fourth-order valence-electron chi connectivity index (χ4n) is 1.82. The standard InChI is InChI=1S/C16H23N3O/c1-4-5-6-14(18)15(20)19-13-9-7-12(8-10-13)16(2,3)11-17/h7-10,14H,4-6,18H2,1-3H3,(H,19,20). The molecule has 3 N–H and O–H groups in total. The third-order valence-corrected chi connectivity index (χ3v) is 3.36. The number of anilines is 1. The second-order valence-electron chi connectivity index (χ2n) is 5.55. The van der Waals surface area contributed by atoms with E-state index in [1.165, 1.54) is 0 Å². The predicted octanol–water partition coefficient (Wildman–Crippen LogP) is 2.94. The lowest BCUT2D eigenvalue weighted by molar-refractivity contribution is -0.117. The predicted molar refractivity (Wildman–Crippen MR) is 81.2 cm³/mol. The fourth-order valence-corrected chi connectivity index (χ4v) is 1.82. The van der Waals surface area contributed by atoms with Gasteiger partial charge < -0.3 is 11.1 Å². The first-order chi connectivity index (χ1) is 9.40. The normalized spacial score (nSPS) is 12.6. The van der Waals surface area contributed by atoms with Crippen molar-refractivity contribution in [3.63, 3.8) is 0 Å². The molecule has 0 aliphatic heterocycles. The van der Waals surface area contributed by atoms with Crippen LogP contribution in [0.3, 0.4) is 0 Å². The molecule has 1 atom stereocenters. The van der Waals surface area contributed by atoms with E-state index in [1.54, 1.807) is 12.1 Å². The number of hydrogen-bond acceptors (Lipinski definition) is 3. The van der Waals surface area contributed by atoms with Crippen molar-refractivity contribution in [3.8, 4) is 6.07 Å². The van der Waals surface area contributed by atoms with Gasteiger partial charge in [0.25, 0.3) is 0 Å². The van der Waals surface area contributed by atoms with Gasteiger partial charge in [-0.25, -0.2) is 0 Å². The molecule has 0 bridgehead atoms. The highest BCUT2D eigenvalue weighted by Crippen LogP contribution is 2.23. The number of unbranched alkanes of at least 4 members (excludes halogenated alkanes) is 1. The Kier molecular flexibility index (Phi) is 5.72. The summed E-state index contributed by atoms with van der Waals surface area (Å²) in [6.07, 6.45) is 2.67. The van der Waals surface area contributed by atoms with Gasteiger partial charge in [-0.1, -0.05) is 31.9 Å². The molecule has 0 fully saturated rings. The molecule has 0 radical (unpaired) electrons. The summed E-state index contributed by atoms with van der Waals surface area (Å²) in [6, 6.07) is 9.11. The maximum atomic E-state index is 11.9. The molecule has 108 valence electrons. The number of benzene rings is 1. The Morgan fingerprint density at radius 3 is 2.50 bits per heavy atom. The number of rotatable bonds is 6. The summed E-state index contributed by atoms with van der Waals surface area (Å²) in [6.45, 7) is 5.79. The number of hydrogen-bond donors (Lipinski definition) is 2. The second kappa shape index (κ2) is 7.06. The van der Waals surface area contributed by atoms with Crippen molar-refractivity contribution in [1.82, 2.24) is 0 Å². The van der Waals surface area contributed by atoms with Gasteiger partial charge in [-0.05, 0) is 38.0 Å². The molecular formula is C16H23N3O. The van der Waals surface area contributed by atoms with Crippen molar-refractivity contribution in [1.29, 1.82) is 5.26 Å². The van der Waals surface area contributed by atoms with E-state index in [1.807, 2.05) is 26.0 Å². The van der Waals surface area contributed by atoms with Crippen LogP contribution < -0.4 is 11.1 Å². The Labute approximate surface area is 121 Å². The van der Waals surface area contributed by atoms with E-state index in [-0.39, 0.29) is 5.91 Å². The van der Waals surface area contributed by atoms with Gasteiger partial charge in [-0.2, -0.15) is 5.26 Å². The smallest absolute Gasteiger partial charge is 0.241 e. The van der Waals surface area contributed by atoms with Gasteiger partial charge in [0.05, 0.1) is 17.5 Å². The molecule has 4 heteroatoms. The highest BCUT2D eigenvalue weighted by atomic mass is 16.2. The van der Waals surface area contributed by atoms with Crippen molar-refractivity contribution in [2.75, 3.05) is 5.32 Å². The zero-order valence-electron chi connectivity index (χ0n) is 12.4. The number of nitriles is 1. The first-order valence-corrected chi connectivity index (χ1v) is 6.99. The van der Waals surface area contributed by atoms with Crippen LogP contribution in [0.1, 0.15) is 45.6 Å². The van der Waals surface area contributed by atoms with Gasteiger partial charge in [-0.15, -0.1) is 0 Å². The maximum Gasteiger partial charge on any atom is 0.241 e. The molecule has 1 aromatic carbocycles. The Morgan fingerprint density at radius 1 is 1.40 bits per heavy atom. The van der Waals surface area contributed by atoms with Gasteiger partial charge in [0, 0.05) is 5.69 Å². The van der Waals surface area contributed by atoms with Gasteiger partial charge >= 0.3 is 0 Å². The van der Waals surface area contributed by atoms with E-state index in [0.29, 0.717) is 12.1 Å². The topological polar surface area (TPSA) is 78.9 Å². The largest absolute Gasteiger partial charge is 0.325 e. The summed E-state index contributed by atoms with van der Waals surface area (Å²) in [5, 5.41) is 11.9. The summed E-state index contributed by atoms with van der Waals surface area (Å²) < 4.78 is 0. The van der Waals surface area contributed by atoms with Crippen molar-refractivity contribution < 1.29 is 4.79 Å². The lowest BCUT2D eigenvalue weighted by atomic mass is 9.86. The molecule has 4 nitrogen and oxygen atoms in total. The summed E-state index contributed by atoms with van der Waals surface area (Å²) in [5.41, 5.74) is 6.92. The lowest BCUT2D eigenvalue weighted by Gasteiger charge is -2.17. The zero-order valence-corrected chi connectivity index (χ0v) is 12.4. The number of amides is 1. The van der Waals surface area contributed by atoms with Crippen LogP contribution in [0.4, 0.5) is 5.69 Å². The molecule has 0 saturated heterocycles. The van der Waals surface area contributed by atoms with Crippen LogP contribution in [-0.2, 0) is 10.2 Å². The Bertz CT molecular complexity index is 485. The van der Waals surface area contributed by atoms with E-state index < -0.39 is 11.5 Å². The molecule has 20 heavy (non-hydrogen) atoms. The Hall–Kier alpha value is -1.86. The molecule has 0 heterocycles. The minimum Gasteiger partial charge on any atom is -0.325 e. The van der Waals surface area contributed by atoms with Crippen molar-refractivity contribution >= 4 is 11.6 Å². The molecule has 0 spiro atoms. The summed E-state index contributed by atoms with van der Waals surface area (Å²) in [7, 11) is 0. The van der Waals surface area contributed by atoms with Crippen LogP contribution in [0.15, 0.2) is 24.3 Å². The third kappa shape index (κ3) is 4.36. The van der Waals surface area contributed by atoms with E-state index >= 15 is 0 Å². The highest BCUT2D eigenvalue weighted by molar-refractivity contribution is 5.94. The number of nitrogens with one attached hydrogen (secondary N) is 1. The van der Waals surface area contributed by atoms with Crippen LogP contribution in [0.25, 0.3) is 0 Å². The molecule has 1 rings (SSSR count). The Balaban J connectivity index is 2.67. The minimum absolute atomic E-state index is 0.161. The van der Waals surface area contributed by atoms with Crippen LogP contribution in [-0.4, -0.2) is 11.9 Å². The average Bonchev–Trinajstić information content (AvgIpc) is 2.45. The summed E-state index contributed by atoms with van der Waals surface area (Å²) in [4.78, 5) is 11.9. The number of carbonyl (C=O) groups excluding carboxylic acids is 1. The van der Waals surface area contributed by atoms with Gasteiger partial charge in [0.15, 0.2) is 0 Å². The van der Waals surface area contributed by atoms with E-state index in [2.05, 4.69) is 18.3 Å². The van der Waals surface area contributed by atoms with Gasteiger partial charge in [0.2, 0.25) is 5.91 Å². The van der Waals surface area contributed by atoms with Crippen LogP contribution in [0.2, 0.25) is 0 Å². The average molecular weight is 273 g/mol. The number of nitrogens with two attached hydrogens (primary N) is 1. The molecule has 0 aromatic heterocycles. The van der Waals surface area contributed by atoms with E-state index in [0.717, 1.165) is 18.4 Å². The first kappa shape index (κ1) is 16.2. The zero-order chi connectivity index (χ0) is 15.2. The van der Waals surface area contributed by atoms with E-state index in [9.17, 15) is 4.79 Å². The molecule has 0 saturated carbocycles. The van der Waals surface area contributed by atoms with Crippen LogP contribution in [0.5, 0.6) is 0 Å². The van der Waals surface area contributed by atoms with E-state index in [4.69, 9.17) is 11.0 Å². The fraction of sp³-hybridized carbons (Fsp3) is 0.500. The quantitative estimate of drug-likeness (QED) is 0.836. The lowest BCUT2D eigenvalue weighted by Crippen LogP contribution is -2.35. The minimum atomic E-state index is -0.528. The van der Waals surface area contributed by atoms with Crippen molar-refractivity contribution in [2.24, 2.45) is 5.73 Å². The third-order valence-electron chi connectivity index (χ3n) is 3.36. The maximum absolute atomic E-state index is 11.9. The van der Waals surface area contributed by atoms with Gasteiger partial charge in [-0.3, -0.25) is 4.79 Å². The van der Waals surface area contributed by atoms with Crippen LogP contribution >= 0.6 is 0 Å². The molecule has 0 aliphatic carbocycles. The highest BCUT2D eigenvalue weighted by Gasteiger charge is 2.19. The van der Waals surface area contributed by atoms with Crippen molar-refractivity contribution in [2.45, 2.75) is 51.5 Å². The number of nitrogens with zero attached hydrogens (tertiary/aromatic N) is 1. The molecule has 1 amide bonds. The molecular weight excluding hydrogens is 250 g/mol. The number of carbonyl (C=O) groups is 1. The summed E-state index contributed by atoms with van der Waals surface area (Å²) in [5.74, 6) is -0.161. The Morgan fingerprint density at radius 2 is 2.00 bits per heavy atom. The monoisotopic (exact) mass is 273 g/mol. The second-order valence-corrected chi connectivity index (χ2v) is 5.55. The SMILES string of the molecule is CCCCC(N)C(=O)Nc1ccc(C(C)(C)C#N)cc1. The molecule has 1 unspecified atom stereocenters. The molecule has 0 aliphatic rings. The molecule has 1 aromatic rings.